The quantitative estimate of drug-likeness (QED) is 0.445. The van der Waals surface area contributed by atoms with Crippen molar-refractivity contribution in [3.63, 3.8) is 0 Å². The Balaban J connectivity index is 2.34. The molecule has 0 amide bonds. The topological polar surface area (TPSA) is 60.2 Å². The van der Waals surface area contributed by atoms with Crippen molar-refractivity contribution in [2.45, 2.75) is 31.7 Å². The summed E-state index contributed by atoms with van der Waals surface area (Å²) in [5, 5.41) is 11.0. The molecule has 0 N–H and O–H groups in total. The Morgan fingerprint density at radius 2 is 2.06 bits per heavy atom. The zero-order valence-electron chi connectivity index (χ0n) is 9.70. The Morgan fingerprint density at radius 1 is 1.41 bits per heavy atom. The molecular formula is C13H15NO3. The number of nitrogens with zero attached hydrogens (tertiary/aromatic N) is 1. The van der Waals surface area contributed by atoms with E-state index >= 15 is 0 Å². The van der Waals surface area contributed by atoms with Crippen LogP contribution in [0.25, 0.3) is 0 Å². The molecular weight excluding hydrogens is 218 g/mol. The Hall–Kier alpha value is -1.71. The van der Waals surface area contributed by atoms with Gasteiger partial charge >= 0.3 is 0 Å². The van der Waals surface area contributed by atoms with Gasteiger partial charge in [0, 0.05) is 4.92 Å². The summed E-state index contributed by atoms with van der Waals surface area (Å²) in [6, 6.07) is 8.56. The van der Waals surface area contributed by atoms with E-state index in [0.717, 1.165) is 18.3 Å². The van der Waals surface area contributed by atoms with Crippen LogP contribution in [0.4, 0.5) is 0 Å². The lowest BCUT2D eigenvalue weighted by Gasteiger charge is -2.04. The number of nitro groups is 1. The third kappa shape index (κ3) is 1.73. The third-order valence-corrected chi connectivity index (χ3v) is 3.62. The van der Waals surface area contributed by atoms with Gasteiger partial charge in [-0.3, -0.25) is 10.1 Å². The smallest absolute Gasteiger partial charge is 0.234 e. The van der Waals surface area contributed by atoms with E-state index in [1.54, 1.807) is 0 Å². The largest absolute Gasteiger partial charge is 0.302 e. The highest BCUT2D eigenvalue weighted by Gasteiger charge is 2.73. The lowest BCUT2D eigenvalue weighted by atomic mass is 9.96. The number of hydrogen-bond donors (Lipinski definition) is 0. The molecule has 0 saturated heterocycles. The normalized spacial score (nSPS) is 30.9. The molecule has 17 heavy (non-hydrogen) atoms. The first kappa shape index (κ1) is 11.8. The van der Waals surface area contributed by atoms with E-state index in [2.05, 4.69) is 0 Å². The fraction of sp³-hybridized carbons (Fsp3) is 0.462. The molecule has 90 valence electrons. The van der Waals surface area contributed by atoms with Crippen molar-refractivity contribution in [3.8, 4) is 0 Å². The molecule has 4 nitrogen and oxygen atoms in total. The van der Waals surface area contributed by atoms with Crippen molar-refractivity contribution < 1.29 is 9.72 Å². The van der Waals surface area contributed by atoms with Gasteiger partial charge in [-0.2, -0.15) is 0 Å². The maximum absolute atomic E-state index is 11.3. The van der Waals surface area contributed by atoms with E-state index in [1.807, 2.05) is 37.3 Å². The Kier molecular flexibility index (Phi) is 2.96. The minimum Gasteiger partial charge on any atom is -0.302 e. The van der Waals surface area contributed by atoms with Crippen molar-refractivity contribution in [2.24, 2.45) is 5.41 Å². The number of hydrogen-bond acceptors (Lipinski definition) is 3. The third-order valence-electron chi connectivity index (χ3n) is 3.62. The molecule has 1 aromatic rings. The fourth-order valence-corrected chi connectivity index (χ4v) is 2.85. The van der Waals surface area contributed by atoms with Gasteiger partial charge in [0.05, 0.1) is 5.92 Å². The molecule has 1 fully saturated rings. The summed E-state index contributed by atoms with van der Waals surface area (Å²) in [6.07, 6.45) is 2.16. The highest BCUT2D eigenvalue weighted by Crippen LogP contribution is 2.62. The molecule has 1 unspecified atom stereocenters. The predicted molar refractivity (Wildman–Crippen MR) is 63.4 cm³/mol. The number of carbonyl (C=O) groups excluding carboxylic acids is 1. The molecule has 0 heterocycles. The number of aldehydes is 1. The van der Waals surface area contributed by atoms with Gasteiger partial charge < -0.3 is 4.79 Å². The Morgan fingerprint density at radius 3 is 2.53 bits per heavy atom. The van der Waals surface area contributed by atoms with Crippen LogP contribution in [0.3, 0.4) is 0 Å². The summed E-state index contributed by atoms with van der Waals surface area (Å²) in [5.41, 5.74) is 0.120. The van der Waals surface area contributed by atoms with Crippen molar-refractivity contribution in [1.29, 1.82) is 0 Å². The van der Waals surface area contributed by atoms with Crippen LogP contribution in [0.5, 0.6) is 0 Å². The average molecular weight is 233 g/mol. The van der Waals surface area contributed by atoms with Gasteiger partial charge in [0.15, 0.2) is 0 Å². The fourth-order valence-electron chi connectivity index (χ4n) is 2.85. The van der Waals surface area contributed by atoms with Crippen LogP contribution < -0.4 is 0 Å². The second-order valence-corrected chi connectivity index (χ2v) is 4.60. The standard InChI is InChI=1S/C13H15NO3/c1-2-8-13(9-15)11(12(13)14(16)17)10-6-4-3-5-7-10/h3-7,9,11-12H,2,8H2,1H3/t11-,12-,13?/m0/s1. The summed E-state index contributed by atoms with van der Waals surface area (Å²) in [7, 11) is 0. The van der Waals surface area contributed by atoms with E-state index in [-0.39, 0.29) is 10.8 Å². The van der Waals surface area contributed by atoms with Gasteiger partial charge in [-0.15, -0.1) is 0 Å². The molecule has 0 spiro atoms. The molecule has 0 bridgehead atoms. The average Bonchev–Trinajstić information content (AvgIpc) is 3.00. The van der Waals surface area contributed by atoms with Crippen LogP contribution in [0.15, 0.2) is 30.3 Å². The summed E-state index contributed by atoms with van der Waals surface area (Å²) in [5.74, 6) is -0.254. The van der Waals surface area contributed by atoms with Gasteiger partial charge in [0.1, 0.15) is 11.7 Å². The van der Waals surface area contributed by atoms with E-state index < -0.39 is 11.5 Å². The van der Waals surface area contributed by atoms with Crippen LogP contribution in [0, 0.1) is 15.5 Å². The molecule has 2 rings (SSSR count). The zero-order valence-corrected chi connectivity index (χ0v) is 9.70. The summed E-state index contributed by atoms with van der Waals surface area (Å²) >= 11 is 0. The lowest BCUT2D eigenvalue weighted by Crippen LogP contribution is -2.15. The maximum atomic E-state index is 11.3. The molecule has 1 aliphatic rings. The van der Waals surface area contributed by atoms with Crippen LogP contribution in [0.1, 0.15) is 31.2 Å². The van der Waals surface area contributed by atoms with E-state index in [4.69, 9.17) is 0 Å². The van der Waals surface area contributed by atoms with Gasteiger partial charge in [-0.25, -0.2) is 0 Å². The van der Waals surface area contributed by atoms with E-state index in [0.29, 0.717) is 6.42 Å². The molecule has 3 atom stereocenters. The van der Waals surface area contributed by atoms with Gasteiger partial charge in [-0.05, 0) is 12.0 Å². The molecule has 1 aliphatic carbocycles. The van der Waals surface area contributed by atoms with Crippen molar-refractivity contribution in [1.82, 2.24) is 0 Å². The minimum absolute atomic E-state index is 0.254. The number of carbonyl (C=O) groups is 1. The SMILES string of the molecule is CCCC1(C=O)[C@@H]([N+](=O)[O-])[C@@H]1c1ccccc1. The molecule has 1 saturated carbocycles. The highest BCUT2D eigenvalue weighted by atomic mass is 16.6. The van der Waals surface area contributed by atoms with Gasteiger partial charge in [0.2, 0.25) is 6.04 Å². The van der Waals surface area contributed by atoms with Crippen LogP contribution in [-0.4, -0.2) is 17.3 Å². The predicted octanol–water partition coefficient (Wildman–Crippen LogP) is 2.41. The summed E-state index contributed by atoms with van der Waals surface area (Å²) in [4.78, 5) is 22.0. The molecule has 1 aromatic carbocycles. The Bertz CT molecular complexity index is 432. The molecule has 0 radical (unpaired) electrons. The zero-order chi connectivity index (χ0) is 12.5. The first-order valence-electron chi connectivity index (χ1n) is 5.82. The lowest BCUT2D eigenvalue weighted by molar-refractivity contribution is -0.502. The number of rotatable bonds is 5. The summed E-state index contributed by atoms with van der Waals surface area (Å²) < 4.78 is 0. The molecule has 4 heteroatoms. The van der Waals surface area contributed by atoms with Crippen LogP contribution in [-0.2, 0) is 4.79 Å². The second kappa shape index (κ2) is 4.28. The van der Waals surface area contributed by atoms with Crippen molar-refractivity contribution in [2.75, 3.05) is 0 Å². The summed E-state index contributed by atoms with van der Waals surface area (Å²) in [6.45, 7) is 1.95. The first-order chi connectivity index (χ1) is 8.17. The van der Waals surface area contributed by atoms with Crippen LogP contribution in [0.2, 0.25) is 0 Å². The van der Waals surface area contributed by atoms with E-state index in [9.17, 15) is 14.9 Å². The number of benzene rings is 1. The highest BCUT2D eigenvalue weighted by molar-refractivity contribution is 5.70. The van der Waals surface area contributed by atoms with Gasteiger partial charge in [-0.1, -0.05) is 43.7 Å². The van der Waals surface area contributed by atoms with Crippen molar-refractivity contribution >= 4 is 6.29 Å². The molecule has 0 aliphatic heterocycles. The molecule has 0 aromatic heterocycles. The van der Waals surface area contributed by atoms with Gasteiger partial charge in [0.25, 0.3) is 0 Å². The second-order valence-electron chi connectivity index (χ2n) is 4.60. The maximum Gasteiger partial charge on any atom is 0.234 e. The first-order valence-corrected chi connectivity index (χ1v) is 5.82. The minimum atomic E-state index is -0.778. The van der Waals surface area contributed by atoms with Crippen LogP contribution >= 0.6 is 0 Å². The monoisotopic (exact) mass is 233 g/mol. The van der Waals surface area contributed by atoms with E-state index in [1.165, 1.54) is 0 Å². The Labute approximate surface area is 99.8 Å². The van der Waals surface area contributed by atoms with Crippen molar-refractivity contribution in [3.05, 3.63) is 46.0 Å².